The molecule has 9 heteroatoms. The zero-order chi connectivity index (χ0) is 24.3. The number of fused-ring (bicyclic) bond motifs is 1. The molecule has 0 unspecified atom stereocenters. The molecule has 1 amide bonds. The number of amides is 1. The quantitative estimate of drug-likeness (QED) is 0.553. The van der Waals surface area contributed by atoms with Gasteiger partial charge in [-0.3, -0.25) is 9.48 Å². The van der Waals surface area contributed by atoms with Crippen molar-refractivity contribution in [2.75, 3.05) is 6.54 Å². The Morgan fingerprint density at radius 3 is 2.06 bits per heavy atom. The number of aromatic nitrogens is 2. The monoisotopic (exact) mass is 465 g/mol. The summed E-state index contributed by atoms with van der Waals surface area (Å²) >= 11 is 0. The molecule has 0 bridgehead atoms. The largest absolute Gasteiger partial charge is 0.499 e. The number of rotatable bonds is 3. The Balaban J connectivity index is 1.56. The van der Waals surface area contributed by atoms with Gasteiger partial charge in [0, 0.05) is 23.1 Å². The minimum absolute atomic E-state index is 0.185. The van der Waals surface area contributed by atoms with E-state index in [1.807, 2.05) is 32.4 Å². The number of nitrogens with zero attached hydrogens (tertiary/aromatic N) is 3. The molecule has 1 aromatic heterocycles. The van der Waals surface area contributed by atoms with Crippen LogP contribution in [0.15, 0.2) is 48.5 Å². The lowest BCUT2D eigenvalue weighted by Crippen LogP contribution is -2.44. The Morgan fingerprint density at radius 1 is 0.912 bits per heavy atom. The molecular formula is C25H26BF2N3O3. The minimum Gasteiger partial charge on any atom is -0.399 e. The van der Waals surface area contributed by atoms with Crippen molar-refractivity contribution in [3.63, 3.8) is 0 Å². The Bertz CT molecular complexity index is 1220. The molecule has 0 atom stereocenters. The molecule has 2 aliphatic heterocycles. The summed E-state index contributed by atoms with van der Waals surface area (Å²) in [5.41, 5.74) is 2.22. The van der Waals surface area contributed by atoms with Gasteiger partial charge in [0.05, 0.1) is 35.7 Å². The highest BCUT2D eigenvalue weighted by molar-refractivity contribution is 6.64. The van der Waals surface area contributed by atoms with Crippen LogP contribution in [0.5, 0.6) is 0 Å². The topological polar surface area (TPSA) is 56.6 Å². The number of carbonyl (C=O) groups is 1. The van der Waals surface area contributed by atoms with Crippen molar-refractivity contribution in [3.8, 4) is 11.3 Å². The number of benzene rings is 2. The summed E-state index contributed by atoms with van der Waals surface area (Å²) in [7, 11) is -0.699. The maximum atomic E-state index is 13.6. The first-order valence-corrected chi connectivity index (χ1v) is 11.3. The predicted molar refractivity (Wildman–Crippen MR) is 124 cm³/mol. The van der Waals surface area contributed by atoms with Crippen LogP contribution in [0.25, 0.3) is 11.3 Å². The van der Waals surface area contributed by atoms with E-state index in [0.717, 1.165) is 16.7 Å². The molecule has 5 rings (SSSR count). The average molecular weight is 465 g/mol. The fourth-order valence-corrected chi connectivity index (χ4v) is 4.32. The van der Waals surface area contributed by atoms with Gasteiger partial charge in [-0.15, -0.1) is 0 Å². The molecule has 2 aliphatic rings. The number of halogens is 2. The summed E-state index contributed by atoms with van der Waals surface area (Å²) in [6.07, 6.45) is 0. The van der Waals surface area contributed by atoms with Gasteiger partial charge in [0.1, 0.15) is 11.6 Å². The van der Waals surface area contributed by atoms with Gasteiger partial charge in [0.15, 0.2) is 0 Å². The predicted octanol–water partition coefficient (Wildman–Crippen LogP) is 3.78. The van der Waals surface area contributed by atoms with E-state index in [4.69, 9.17) is 14.4 Å². The molecule has 6 nitrogen and oxygen atoms in total. The average Bonchev–Trinajstić information content (AvgIpc) is 3.27. The summed E-state index contributed by atoms with van der Waals surface area (Å²) in [6, 6.07) is 11.7. The van der Waals surface area contributed by atoms with Crippen molar-refractivity contribution in [2.45, 2.75) is 52.0 Å². The van der Waals surface area contributed by atoms with Gasteiger partial charge < -0.3 is 14.2 Å². The van der Waals surface area contributed by atoms with Crippen LogP contribution in [0.4, 0.5) is 8.78 Å². The zero-order valence-electron chi connectivity index (χ0n) is 19.6. The fourth-order valence-electron chi connectivity index (χ4n) is 4.32. The molecule has 3 heterocycles. The maximum Gasteiger partial charge on any atom is 0.499 e. The van der Waals surface area contributed by atoms with Crippen molar-refractivity contribution in [1.82, 2.24) is 14.7 Å². The maximum absolute atomic E-state index is 13.6. The van der Waals surface area contributed by atoms with E-state index in [1.165, 1.54) is 36.4 Å². The normalized spacial score (nSPS) is 18.8. The molecule has 1 saturated heterocycles. The van der Waals surface area contributed by atoms with Crippen LogP contribution in [-0.4, -0.2) is 45.5 Å². The van der Waals surface area contributed by atoms with Gasteiger partial charge in [-0.25, -0.2) is 8.78 Å². The zero-order valence-corrected chi connectivity index (χ0v) is 19.6. The molecule has 1 fully saturated rings. The second kappa shape index (κ2) is 8.03. The SMILES string of the molecule is CC1(C)OB(c2c(-c3ccc(F)cc3)nn3c2CN(C(=O)c2ccc(F)cc2)CC3)OC1(C)C. The number of hydrogen-bond donors (Lipinski definition) is 0. The van der Waals surface area contributed by atoms with E-state index in [1.54, 1.807) is 17.0 Å². The Kier molecular flexibility index (Phi) is 5.37. The van der Waals surface area contributed by atoms with E-state index in [-0.39, 0.29) is 17.5 Å². The fraction of sp³-hybridized carbons (Fsp3) is 0.360. The van der Waals surface area contributed by atoms with Gasteiger partial charge in [0.25, 0.3) is 5.91 Å². The van der Waals surface area contributed by atoms with E-state index in [9.17, 15) is 13.6 Å². The van der Waals surface area contributed by atoms with Gasteiger partial charge in [-0.1, -0.05) is 0 Å². The van der Waals surface area contributed by atoms with Crippen LogP contribution in [0.2, 0.25) is 0 Å². The molecule has 0 saturated carbocycles. The molecular weight excluding hydrogens is 439 g/mol. The van der Waals surface area contributed by atoms with Crippen molar-refractivity contribution >= 4 is 18.5 Å². The minimum atomic E-state index is -0.699. The van der Waals surface area contributed by atoms with Crippen LogP contribution in [0.1, 0.15) is 43.7 Å². The lowest BCUT2D eigenvalue weighted by Gasteiger charge is -2.32. The van der Waals surface area contributed by atoms with Crippen LogP contribution >= 0.6 is 0 Å². The summed E-state index contributed by atoms with van der Waals surface area (Å²) in [5, 5.41) is 4.82. The van der Waals surface area contributed by atoms with Crippen molar-refractivity contribution in [3.05, 3.63) is 71.4 Å². The Morgan fingerprint density at radius 2 is 1.47 bits per heavy atom. The van der Waals surface area contributed by atoms with Gasteiger partial charge in [-0.05, 0) is 76.2 Å². The van der Waals surface area contributed by atoms with Crippen LogP contribution in [0.3, 0.4) is 0 Å². The van der Waals surface area contributed by atoms with E-state index >= 15 is 0 Å². The van der Waals surface area contributed by atoms with Crippen LogP contribution < -0.4 is 5.46 Å². The Labute approximate surface area is 197 Å². The standard InChI is InChI=1S/C25H26BF2N3O3/c1-24(2)25(3,4)34-26(33-24)21-20-15-30(23(32)17-7-11-19(28)12-8-17)13-14-31(20)29-22(21)16-5-9-18(27)10-6-16/h5-12H,13-15H2,1-4H3. The number of carbonyl (C=O) groups excluding carboxylic acids is 1. The van der Waals surface area contributed by atoms with Gasteiger partial charge >= 0.3 is 7.12 Å². The first kappa shape index (κ1) is 22.7. The lowest BCUT2D eigenvalue weighted by atomic mass is 9.75. The molecule has 3 aromatic rings. The second-order valence-corrected chi connectivity index (χ2v) is 9.76. The van der Waals surface area contributed by atoms with E-state index in [0.29, 0.717) is 30.9 Å². The molecule has 34 heavy (non-hydrogen) atoms. The molecule has 176 valence electrons. The van der Waals surface area contributed by atoms with Crippen LogP contribution in [0, 0.1) is 11.6 Å². The smallest absolute Gasteiger partial charge is 0.399 e. The molecule has 0 aliphatic carbocycles. The molecule has 0 spiro atoms. The lowest BCUT2D eigenvalue weighted by molar-refractivity contribution is 0.00578. The van der Waals surface area contributed by atoms with Gasteiger partial charge in [-0.2, -0.15) is 5.10 Å². The molecule has 0 radical (unpaired) electrons. The van der Waals surface area contributed by atoms with Crippen LogP contribution in [-0.2, 0) is 22.4 Å². The van der Waals surface area contributed by atoms with Crippen molar-refractivity contribution in [1.29, 1.82) is 0 Å². The van der Waals surface area contributed by atoms with Gasteiger partial charge in [0.2, 0.25) is 0 Å². The second-order valence-electron chi connectivity index (χ2n) is 9.76. The summed E-state index contributed by atoms with van der Waals surface area (Å²) in [5.74, 6) is -0.906. The molecule has 0 N–H and O–H groups in total. The van der Waals surface area contributed by atoms with E-state index in [2.05, 4.69) is 0 Å². The van der Waals surface area contributed by atoms with Crippen molar-refractivity contribution < 1.29 is 22.9 Å². The first-order chi connectivity index (χ1) is 16.1. The number of hydrogen-bond acceptors (Lipinski definition) is 4. The third-order valence-electron chi connectivity index (χ3n) is 7.01. The summed E-state index contributed by atoms with van der Waals surface area (Å²) in [6.45, 7) is 9.14. The summed E-state index contributed by atoms with van der Waals surface area (Å²) in [4.78, 5) is 14.9. The summed E-state index contributed by atoms with van der Waals surface area (Å²) < 4.78 is 41.5. The highest BCUT2D eigenvalue weighted by Crippen LogP contribution is 2.38. The van der Waals surface area contributed by atoms with E-state index < -0.39 is 18.3 Å². The Hall–Kier alpha value is -3.04. The third-order valence-corrected chi connectivity index (χ3v) is 7.01. The van der Waals surface area contributed by atoms with Crippen molar-refractivity contribution in [2.24, 2.45) is 0 Å². The first-order valence-electron chi connectivity index (χ1n) is 11.3. The third kappa shape index (κ3) is 3.82. The highest BCUT2D eigenvalue weighted by atomic mass is 19.1. The molecule has 2 aromatic carbocycles. The highest BCUT2D eigenvalue weighted by Gasteiger charge is 2.54.